The van der Waals surface area contributed by atoms with E-state index in [9.17, 15) is 28.2 Å². The zero-order valence-electron chi connectivity index (χ0n) is 19.6. The number of aromatic hydroxyl groups is 1. The molecule has 8 nitrogen and oxygen atoms in total. The van der Waals surface area contributed by atoms with Crippen molar-refractivity contribution in [1.82, 2.24) is 10.0 Å². The molecular formula is C26H28N2O6S2. The number of aliphatic carboxylic acids is 1. The van der Waals surface area contributed by atoms with Gasteiger partial charge in [0.1, 0.15) is 17.8 Å². The van der Waals surface area contributed by atoms with Gasteiger partial charge in [-0.15, -0.1) is 0 Å². The molecule has 0 heterocycles. The molecule has 0 unspecified atom stereocenters. The number of thioether (sulfide) groups is 1. The Bertz CT molecular complexity index is 1260. The summed E-state index contributed by atoms with van der Waals surface area (Å²) in [5.41, 5.74) is 2.50. The lowest BCUT2D eigenvalue weighted by atomic mass is 10.1. The number of benzene rings is 3. The Morgan fingerprint density at radius 2 is 1.53 bits per heavy atom. The molecule has 190 valence electrons. The molecule has 0 radical (unpaired) electrons. The topological polar surface area (TPSA) is 133 Å². The van der Waals surface area contributed by atoms with Gasteiger partial charge in [0.05, 0.1) is 4.90 Å². The van der Waals surface area contributed by atoms with E-state index < -0.39 is 34.0 Å². The van der Waals surface area contributed by atoms with Crippen molar-refractivity contribution in [3.8, 4) is 5.75 Å². The van der Waals surface area contributed by atoms with Crippen molar-refractivity contribution in [2.75, 3.05) is 5.75 Å². The highest BCUT2D eigenvalue weighted by Crippen LogP contribution is 2.17. The van der Waals surface area contributed by atoms with Crippen LogP contribution in [0.15, 0.2) is 83.8 Å². The van der Waals surface area contributed by atoms with Crippen LogP contribution in [0.25, 0.3) is 0 Å². The van der Waals surface area contributed by atoms with Crippen LogP contribution in [0.3, 0.4) is 0 Å². The SMILES string of the molecule is Cc1ccc(S(=O)(=O)N[C@@H](CSCc2ccccc2)C(=O)N[C@@H](Cc2ccc(O)cc2)C(=O)O)cc1. The number of hydrogen-bond donors (Lipinski definition) is 4. The Morgan fingerprint density at radius 3 is 2.14 bits per heavy atom. The molecular weight excluding hydrogens is 500 g/mol. The van der Waals surface area contributed by atoms with Crippen LogP contribution in [0, 0.1) is 6.92 Å². The fourth-order valence-corrected chi connectivity index (χ4v) is 5.66. The first kappa shape index (κ1) is 27.3. The van der Waals surface area contributed by atoms with Crippen molar-refractivity contribution >= 4 is 33.7 Å². The van der Waals surface area contributed by atoms with Gasteiger partial charge in [-0.2, -0.15) is 16.5 Å². The maximum absolute atomic E-state index is 13.2. The van der Waals surface area contributed by atoms with E-state index in [4.69, 9.17) is 0 Å². The highest BCUT2D eigenvalue weighted by molar-refractivity contribution is 7.98. The average molecular weight is 529 g/mol. The monoisotopic (exact) mass is 528 g/mol. The zero-order chi connectivity index (χ0) is 26.1. The van der Waals surface area contributed by atoms with Gasteiger partial charge in [0.15, 0.2) is 0 Å². The van der Waals surface area contributed by atoms with Gasteiger partial charge in [-0.25, -0.2) is 13.2 Å². The Kier molecular flexibility index (Phi) is 9.51. The van der Waals surface area contributed by atoms with Gasteiger partial charge in [-0.1, -0.05) is 60.2 Å². The van der Waals surface area contributed by atoms with Crippen LogP contribution in [0.4, 0.5) is 0 Å². The fraction of sp³-hybridized carbons (Fsp3) is 0.231. The van der Waals surface area contributed by atoms with E-state index in [1.165, 1.54) is 36.0 Å². The Labute approximate surface area is 214 Å². The lowest BCUT2D eigenvalue weighted by Crippen LogP contribution is -2.53. The number of sulfonamides is 1. The van der Waals surface area contributed by atoms with Gasteiger partial charge in [0.2, 0.25) is 15.9 Å². The number of carbonyl (C=O) groups is 2. The molecule has 36 heavy (non-hydrogen) atoms. The van der Waals surface area contributed by atoms with E-state index in [1.807, 2.05) is 37.3 Å². The van der Waals surface area contributed by atoms with E-state index in [2.05, 4.69) is 10.0 Å². The minimum Gasteiger partial charge on any atom is -0.508 e. The molecule has 3 aromatic rings. The largest absolute Gasteiger partial charge is 0.508 e. The Balaban J connectivity index is 1.76. The van der Waals surface area contributed by atoms with Crippen molar-refractivity contribution in [2.24, 2.45) is 0 Å². The van der Waals surface area contributed by atoms with Crippen LogP contribution in [0.5, 0.6) is 5.75 Å². The van der Waals surface area contributed by atoms with E-state index in [0.717, 1.165) is 11.1 Å². The predicted molar refractivity (Wildman–Crippen MR) is 139 cm³/mol. The number of phenols is 1. The maximum atomic E-state index is 13.2. The van der Waals surface area contributed by atoms with Gasteiger partial charge >= 0.3 is 5.97 Å². The van der Waals surface area contributed by atoms with Crippen LogP contribution < -0.4 is 10.0 Å². The lowest BCUT2D eigenvalue weighted by molar-refractivity contribution is -0.141. The lowest BCUT2D eigenvalue weighted by Gasteiger charge is -2.21. The number of aryl methyl sites for hydroxylation is 1. The minimum absolute atomic E-state index is 0.0119. The molecule has 0 saturated heterocycles. The smallest absolute Gasteiger partial charge is 0.326 e. The molecule has 0 fully saturated rings. The molecule has 0 spiro atoms. The highest BCUT2D eigenvalue weighted by Gasteiger charge is 2.29. The Hall–Kier alpha value is -3.34. The molecule has 0 aliphatic carbocycles. The second kappa shape index (κ2) is 12.6. The molecule has 0 bridgehead atoms. The molecule has 0 aromatic heterocycles. The normalized spacial score (nSPS) is 13.0. The zero-order valence-corrected chi connectivity index (χ0v) is 21.3. The number of hydrogen-bond acceptors (Lipinski definition) is 6. The minimum atomic E-state index is -4.04. The molecule has 2 atom stereocenters. The third-order valence-electron chi connectivity index (χ3n) is 5.33. The number of carboxylic acid groups (broad SMARTS) is 1. The number of carboxylic acids is 1. The number of nitrogens with one attached hydrogen (secondary N) is 2. The molecule has 1 amide bonds. The molecule has 3 aromatic carbocycles. The van der Waals surface area contributed by atoms with Crippen LogP contribution in [-0.2, 0) is 31.8 Å². The van der Waals surface area contributed by atoms with Gasteiger partial charge in [0.25, 0.3) is 0 Å². The number of amides is 1. The second-order valence-corrected chi connectivity index (χ2v) is 11.0. The molecule has 4 N–H and O–H groups in total. The summed E-state index contributed by atoms with van der Waals surface area (Å²) in [4.78, 5) is 25.0. The quantitative estimate of drug-likeness (QED) is 0.284. The number of phenolic OH excluding ortho intramolecular Hbond substituents is 1. The molecule has 3 rings (SSSR count). The van der Waals surface area contributed by atoms with Gasteiger partial charge in [0, 0.05) is 17.9 Å². The van der Waals surface area contributed by atoms with Crippen molar-refractivity contribution in [3.05, 3.63) is 95.6 Å². The van der Waals surface area contributed by atoms with Crippen molar-refractivity contribution in [2.45, 2.75) is 36.1 Å². The van der Waals surface area contributed by atoms with E-state index in [0.29, 0.717) is 11.3 Å². The van der Waals surface area contributed by atoms with Crippen LogP contribution >= 0.6 is 11.8 Å². The summed E-state index contributed by atoms with van der Waals surface area (Å²) in [6.07, 6.45) is -0.0318. The van der Waals surface area contributed by atoms with Gasteiger partial charge in [-0.3, -0.25) is 4.79 Å². The van der Waals surface area contributed by atoms with E-state index in [1.54, 1.807) is 24.3 Å². The summed E-state index contributed by atoms with van der Waals surface area (Å²) in [5, 5.41) is 21.6. The van der Waals surface area contributed by atoms with Crippen LogP contribution in [0.2, 0.25) is 0 Å². The third kappa shape index (κ3) is 8.11. The number of rotatable bonds is 12. The maximum Gasteiger partial charge on any atom is 0.326 e. The standard InChI is InChI=1S/C26H28N2O6S2/c1-18-7-13-22(14-8-18)36(33,34)28-24(17-35-16-20-5-3-2-4-6-20)25(30)27-23(26(31)32)15-19-9-11-21(29)12-10-19/h2-14,23-24,28-29H,15-17H2,1H3,(H,27,30)(H,31,32)/t23-,24-/m0/s1. The third-order valence-corrected chi connectivity index (χ3v) is 7.93. The van der Waals surface area contributed by atoms with E-state index >= 15 is 0 Å². The molecule has 0 aliphatic rings. The predicted octanol–water partition coefficient (Wildman–Crippen LogP) is 3.09. The first-order chi connectivity index (χ1) is 17.1. The van der Waals surface area contributed by atoms with Crippen molar-refractivity contribution < 1.29 is 28.2 Å². The molecule has 10 heteroatoms. The van der Waals surface area contributed by atoms with Crippen LogP contribution in [0.1, 0.15) is 16.7 Å². The first-order valence-electron chi connectivity index (χ1n) is 11.2. The summed E-state index contributed by atoms with van der Waals surface area (Å²) in [5.74, 6) is -1.31. The van der Waals surface area contributed by atoms with Crippen LogP contribution in [-0.4, -0.2) is 48.3 Å². The summed E-state index contributed by atoms with van der Waals surface area (Å²) in [6.45, 7) is 1.83. The first-order valence-corrected chi connectivity index (χ1v) is 13.8. The van der Waals surface area contributed by atoms with Crippen molar-refractivity contribution in [3.63, 3.8) is 0 Å². The van der Waals surface area contributed by atoms with Gasteiger partial charge < -0.3 is 15.5 Å². The molecule has 0 saturated carbocycles. The number of carbonyl (C=O) groups excluding carboxylic acids is 1. The molecule has 0 aliphatic heterocycles. The summed E-state index contributed by atoms with van der Waals surface area (Å²) in [6, 6.07) is 19.2. The van der Waals surface area contributed by atoms with E-state index in [-0.39, 0.29) is 22.8 Å². The summed E-state index contributed by atoms with van der Waals surface area (Å²) in [7, 11) is -4.04. The van der Waals surface area contributed by atoms with Gasteiger partial charge in [-0.05, 0) is 42.3 Å². The summed E-state index contributed by atoms with van der Waals surface area (Å²) >= 11 is 1.36. The highest BCUT2D eigenvalue weighted by atomic mass is 32.2. The Morgan fingerprint density at radius 1 is 0.889 bits per heavy atom. The van der Waals surface area contributed by atoms with Crippen molar-refractivity contribution in [1.29, 1.82) is 0 Å². The second-order valence-electron chi connectivity index (χ2n) is 8.26. The average Bonchev–Trinajstić information content (AvgIpc) is 2.85. The summed E-state index contributed by atoms with van der Waals surface area (Å²) < 4.78 is 28.4. The fourth-order valence-electron chi connectivity index (χ4n) is 3.34.